The third-order valence-electron chi connectivity index (χ3n) is 6.50. The van der Waals surface area contributed by atoms with Crippen LogP contribution in [0.2, 0.25) is 0 Å². The standard InChI is InChI=1S/C24H27NO4/c1-15(16-7-6-8-16)13-22(23(26)27)25-24(28)29-14-21-19-11-4-2-9-17(19)18-10-3-5-12-20(18)21/h2-5,9-12,15-16,21-22H,6-8,13-14H2,1H3,(H,25,28)(H,26,27). The summed E-state index contributed by atoms with van der Waals surface area (Å²) in [5.41, 5.74) is 4.59. The van der Waals surface area contributed by atoms with Crippen molar-refractivity contribution < 1.29 is 19.4 Å². The highest BCUT2D eigenvalue weighted by Gasteiger charge is 2.31. The van der Waals surface area contributed by atoms with Crippen molar-refractivity contribution in [2.24, 2.45) is 11.8 Å². The maximum absolute atomic E-state index is 12.4. The lowest BCUT2D eigenvalue weighted by Crippen LogP contribution is -2.43. The van der Waals surface area contributed by atoms with Crippen LogP contribution in [0, 0.1) is 11.8 Å². The molecular weight excluding hydrogens is 366 g/mol. The van der Waals surface area contributed by atoms with Crippen molar-refractivity contribution >= 4 is 12.1 Å². The molecule has 2 atom stereocenters. The molecule has 0 radical (unpaired) electrons. The third-order valence-corrected chi connectivity index (χ3v) is 6.50. The van der Waals surface area contributed by atoms with E-state index in [4.69, 9.17) is 4.74 Å². The molecule has 1 fully saturated rings. The number of carboxylic acids is 1. The minimum absolute atomic E-state index is 0.0367. The van der Waals surface area contributed by atoms with E-state index in [-0.39, 0.29) is 18.4 Å². The average Bonchev–Trinajstić information content (AvgIpc) is 2.98. The molecule has 1 amide bonds. The molecule has 5 nitrogen and oxygen atoms in total. The zero-order valence-corrected chi connectivity index (χ0v) is 16.6. The number of hydrogen-bond acceptors (Lipinski definition) is 3. The largest absolute Gasteiger partial charge is 0.480 e. The van der Waals surface area contributed by atoms with Crippen molar-refractivity contribution in [1.82, 2.24) is 5.32 Å². The Morgan fingerprint density at radius 3 is 2.17 bits per heavy atom. The van der Waals surface area contributed by atoms with E-state index in [1.54, 1.807) is 0 Å². The SMILES string of the molecule is CC(CC(NC(=O)OCC1c2ccccc2-c2ccccc21)C(=O)O)C1CCC1. The first-order valence-corrected chi connectivity index (χ1v) is 10.4. The van der Waals surface area contributed by atoms with Crippen molar-refractivity contribution in [3.8, 4) is 11.1 Å². The van der Waals surface area contributed by atoms with Crippen LogP contribution in [-0.4, -0.2) is 29.8 Å². The van der Waals surface area contributed by atoms with Crippen molar-refractivity contribution in [2.45, 2.75) is 44.6 Å². The second-order valence-electron chi connectivity index (χ2n) is 8.26. The second-order valence-corrected chi connectivity index (χ2v) is 8.26. The van der Waals surface area contributed by atoms with Gasteiger partial charge in [-0.1, -0.05) is 74.7 Å². The molecule has 0 aromatic heterocycles. The molecule has 5 heteroatoms. The van der Waals surface area contributed by atoms with Crippen LogP contribution in [0.25, 0.3) is 11.1 Å². The molecule has 0 aliphatic heterocycles. The first-order valence-electron chi connectivity index (χ1n) is 10.4. The molecule has 2 aliphatic rings. The maximum Gasteiger partial charge on any atom is 0.407 e. The highest BCUT2D eigenvalue weighted by molar-refractivity contribution is 5.81. The van der Waals surface area contributed by atoms with Gasteiger partial charge in [-0.3, -0.25) is 0 Å². The summed E-state index contributed by atoms with van der Waals surface area (Å²) in [5.74, 6) is -0.199. The molecule has 152 valence electrons. The van der Waals surface area contributed by atoms with Gasteiger partial charge in [0, 0.05) is 5.92 Å². The monoisotopic (exact) mass is 393 g/mol. The molecule has 2 N–H and O–H groups in total. The lowest BCUT2D eigenvalue weighted by molar-refractivity contribution is -0.140. The van der Waals surface area contributed by atoms with Crippen LogP contribution in [0.5, 0.6) is 0 Å². The van der Waals surface area contributed by atoms with E-state index in [9.17, 15) is 14.7 Å². The predicted octanol–water partition coefficient (Wildman–Crippen LogP) is 4.80. The van der Waals surface area contributed by atoms with Crippen LogP contribution in [-0.2, 0) is 9.53 Å². The molecule has 2 aromatic carbocycles. The first kappa shape index (κ1) is 19.5. The fourth-order valence-corrected chi connectivity index (χ4v) is 4.58. The fourth-order valence-electron chi connectivity index (χ4n) is 4.58. The minimum atomic E-state index is -1.01. The van der Waals surface area contributed by atoms with E-state index >= 15 is 0 Å². The average molecular weight is 393 g/mol. The molecule has 0 bridgehead atoms. The summed E-state index contributed by atoms with van der Waals surface area (Å²) in [7, 11) is 0. The molecule has 1 saturated carbocycles. The van der Waals surface area contributed by atoms with Crippen LogP contribution in [0.3, 0.4) is 0 Å². The molecule has 0 saturated heterocycles. The number of aliphatic carboxylic acids is 1. The van der Waals surface area contributed by atoms with Gasteiger partial charge in [0.2, 0.25) is 0 Å². The predicted molar refractivity (Wildman–Crippen MR) is 111 cm³/mol. The van der Waals surface area contributed by atoms with Crippen molar-refractivity contribution in [1.29, 1.82) is 0 Å². The van der Waals surface area contributed by atoms with E-state index in [1.165, 1.54) is 6.42 Å². The number of rotatable bonds is 7. The Morgan fingerprint density at radius 1 is 1.07 bits per heavy atom. The van der Waals surface area contributed by atoms with E-state index in [0.29, 0.717) is 12.3 Å². The number of ether oxygens (including phenoxy) is 1. The Bertz CT molecular complexity index is 860. The Balaban J connectivity index is 1.39. The highest BCUT2D eigenvalue weighted by Crippen LogP contribution is 2.44. The van der Waals surface area contributed by atoms with Crippen LogP contribution in [0.4, 0.5) is 4.79 Å². The maximum atomic E-state index is 12.4. The van der Waals surface area contributed by atoms with Crippen molar-refractivity contribution in [2.75, 3.05) is 6.61 Å². The van der Waals surface area contributed by atoms with Crippen molar-refractivity contribution in [3.63, 3.8) is 0 Å². The summed E-state index contributed by atoms with van der Waals surface area (Å²) in [5, 5.41) is 12.1. The number of carbonyl (C=O) groups is 2. The molecular formula is C24H27NO4. The zero-order valence-electron chi connectivity index (χ0n) is 16.6. The smallest absolute Gasteiger partial charge is 0.407 e. The normalized spacial score (nSPS) is 17.6. The Labute approximate surface area is 171 Å². The summed E-state index contributed by atoms with van der Waals surface area (Å²) >= 11 is 0. The number of nitrogens with one attached hydrogen (secondary N) is 1. The number of benzene rings is 2. The number of fused-ring (bicyclic) bond motifs is 3. The molecule has 29 heavy (non-hydrogen) atoms. The van der Waals surface area contributed by atoms with Crippen LogP contribution in [0.1, 0.15) is 49.7 Å². The first-order chi connectivity index (χ1) is 14.0. The van der Waals surface area contributed by atoms with Gasteiger partial charge < -0.3 is 15.2 Å². The lowest BCUT2D eigenvalue weighted by Gasteiger charge is -2.32. The van der Waals surface area contributed by atoms with Gasteiger partial charge in [0.05, 0.1) is 0 Å². The van der Waals surface area contributed by atoms with E-state index in [0.717, 1.165) is 35.1 Å². The van der Waals surface area contributed by atoms with Crippen molar-refractivity contribution in [3.05, 3.63) is 59.7 Å². The number of alkyl carbamates (subject to hydrolysis) is 1. The molecule has 0 spiro atoms. The van der Waals surface area contributed by atoms with E-state index < -0.39 is 18.1 Å². The van der Waals surface area contributed by atoms with Gasteiger partial charge >= 0.3 is 12.1 Å². The molecule has 4 rings (SSSR count). The summed E-state index contributed by atoms with van der Waals surface area (Å²) in [6.07, 6.45) is 3.29. The van der Waals surface area contributed by atoms with Gasteiger partial charge in [-0.2, -0.15) is 0 Å². The number of carboxylic acid groups (broad SMARTS) is 1. The summed E-state index contributed by atoms with van der Waals surface area (Å²) < 4.78 is 5.49. The molecule has 2 aromatic rings. The Morgan fingerprint density at radius 2 is 1.66 bits per heavy atom. The quantitative estimate of drug-likeness (QED) is 0.708. The van der Waals surface area contributed by atoms with Gasteiger partial charge in [-0.25, -0.2) is 9.59 Å². The minimum Gasteiger partial charge on any atom is -0.480 e. The van der Waals surface area contributed by atoms with Gasteiger partial charge in [-0.05, 0) is 40.5 Å². The lowest BCUT2D eigenvalue weighted by atomic mass is 9.74. The summed E-state index contributed by atoms with van der Waals surface area (Å²) in [4.78, 5) is 24.0. The Kier molecular flexibility index (Phi) is 5.56. The molecule has 0 heterocycles. The van der Waals surface area contributed by atoms with Gasteiger partial charge in [0.25, 0.3) is 0 Å². The number of amides is 1. The Hall–Kier alpha value is -2.82. The zero-order chi connectivity index (χ0) is 20.4. The summed E-state index contributed by atoms with van der Waals surface area (Å²) in [6.45, 7) is 2.25. The number of hydrogen-bond donors (Lipinski definition) is 2. The van der Waals surface area contributed by atoms with Crippen LogP contribution in [0.15, 0.2) is 48.5 Å². The topological polar surface area (TPSA) is 75.6 Å². The molecule has 2 unspecified atom stereocenters. The number of carbonyl (C=O) groups excluding carboxylic acids is 1. The fraction of sp³-hybridized carbons (Fsp3) is 0.417. The molecule has 2 aliphatic carbocycles. The van der Waals surface area contributed by atoms with Gasteiger partial charge in [0.1, 0.15) is 12.6 Å². The van der Waals surface area contributed by atoms with E-state index in [1.807, 2.05) is 24.3 Å². The second kappa shape index (κ2) is 8.27. The third kappa shape index (κ3) is 4.00. The van der Waals surface area contributed by atoms with Crippen LogP contribution < -0.4 is 5.32 Å². The van der Waals surface area contributed by atoms with Gasteiger partial charge in [0.15, 0.2) is 0 Å². The van der Waals surface area contributed by atoms with Gasteiger partial charge in [-0.15, -0.1) is 0 Å². The highest BCUT2D eigenvalue weighted by atomic mass is 16.5. The summed E-state index contributed by atoms with van der Waals surface area (Å²) in [6, 6.07) is 15.3. The van der Waals surface area contributed by atoms with Crippen LogP contribution >= 0.6 is 0 Å². The van der Waals surface area contributed by atoms with E-state index in [2.05, 4.69) is 36.5 Å².